The van der Waals surface area contributed by atoms with E-state index >= 15 is 0 Å². The summed E-state index contributed by atoms with van der Waals surface area (Å²) >= 11 is 0. The molecule has 1 rings (SSSR count). The van der Waals surface area contributed by atoms with Gasteiger partial charge in [-0.2, -0.15) is 0 Å². The first kappa shape index (κ1) is 14.7. The standard InChI is InChI=1S/C13H22N2O3/c1-5-15(10(2)8-14(3)4)9-12-11(13(16)17)6-7-18-12/h6-7,10H,5,8-9H2,1-4H3,(H,16,17). The predicted octanol–water partition coefficient (Wildman–Crippen LogP) is 1.75. The van der Waals surface area contributed by atoms with Gasteiger partial charge in [-0.3, -0.25) is 4.90 Å². The van der Waals surface area contributed by atoms with E-state index in [1.54, 1.807) is 0 Å². The van der Waals surface area contributed by atoms with E-state index in [1.165, 1.54) is 12.3 Å². The lowest BCUT2D eigenvalue weighted by Gasteiger charge is -2.29. The average molecular weight is 254 g/mol. The highest BCUT2D eigenvalue weighted by Crippen LogP contribution is 2.15. The summed E-state index contributed by atoms with van der Waals surface area (Å²) < 4.78 is 5.28. The van der Waals surface area contributed by atoms with Crippen molar-refractivity contribution in [3.63, 3.8) is 0 Å². The Bertz CT molecular complexity index is 387. The van der Waals surface area contributed by atoms with Crippen molar-refractivity contribution < 1.29 is 14.3 Å². The molecular formula is C13H22N2O3. The maximum Gasteiger partial charge on any atom is 0.339 e. The van der Waals surface area contributed by atoms with E-state index in [2.05, 4.69) is 23.6 Å². The lowest BCUT2D eigenvalue weighted by atomic mass is 10.2. The van der Waals surface area contributed by atoms with Crippen LogP contribution in [-0.2, 0) is 6.54 Å². The SMILES string of the molecule is CCN(Cc1occc1C(=O)O)C(C)CN(C)C. The lowest BCUT2D eigenvalue weighted by molar-refractivity contribution is 0.0691. The monoisotopic (exact) mass is 254 g/mol. The van der Waals surface area contributed by atoms with Crippen LogP contribution in [0.3, 0.4) is 0 Å². The Morgan fingerprint density at radius 3 is 2.67 bits per heavy atom. The molecule has 0 bridgehead atoms. The van der Waals surface area contributed by atoms with Crippen molar-refractivity contribution in [1.29, 1.82) is 0 Å². The molecule has 5 nitrogen and oxygen atoms in total. The number of hydrogen-bond donors (Lipinski definition) is 1. The smallest absolute Gasteiger partial charge is 0.339 e. The second-order valence-electron chi connectivity index (χ2n) is 4.74. The zero-order valence-corrected chi connectivity index (χ0v) is 11.5. The number of likely N-dealkylation sites (N-methyl/N-ethyl adjacent to an activating group) is 2. The second kappa shape index (κ2) is 6.56. The highest BCUT2D eigenvalue weighted by atomic mass is 16.4. The number of hydrogen-bond acceptors (Lipinski definition) is 4. The zero-order valence-electron chi connectivity index (χ0n) is 11.5. The number of carboxylic acid groups (broad SMARTS) is 1. The van der Waals surface area contributed by atoms with Gasteiger partial charge in [0.25, 0.3) is 0 Å². The molecule has 1 atom stereocenters. The minimum Gasteiger partial charge on any atom is -0.478 e. The molecule has 0 aromatic carbocycles. The van der Waals surface area contributed by atoms with E-state index < -0.39 is 5.97 Å². The van der Waals surface area contributed by atoms with E-state index in [-0.39, 0.29) is 5.56 Å². The summed E-state index contributed by atoms with van der Waals surface area (Å²) in [4.78, 5) is 15.3. The molecule has 0 aliphatic carbocycles. The normalized spacial score (nSPS) is 13.2. The summed E-state index contributed by atoms with van der Waals surface area (Å²) in [6.45, 7) is 6.51. The van der Waals surface area contributed by atoms with Crippen LogP contribution in [0.2, 0.25) is 0 Å². The first-order valence-corrected chi connectivity index (χ1v) is 6.14. The Balaban J connectivity index is 2.73. The van der Waals surface area contributed by atoms with Crippen molar-refractivity contribution in [3.05, 3.63) is 23.7 Å². The van der Waals surface area contributed by atoms with Crippen molar-refractivity contribution in [2.45, 2.75) is 26.4 Å². The maximum absolute atomic E-state index is 11.0. The van der Waals surface area contributed by atoms with Crippen LogP contribution in [0.15, 0.2) is 16.7 Å². The van der Waals surface area contributed by atoms with Crippen molar-refractivity contribution in [1.82, 2.24) is 9.80 Å². The van der Waals surface area contributed by atoms with Crippen LogP contribution in [0.4, 0.5) is 0 Å². The Morgan fingerprint density at radius 2 is 2.17 bits per heavy atom. The summed E-state index contributed by atoms with van der Waals surface area (Å²) in [7, 11) is 4.06. The van der Waals surface area contributed by atoms with Gasteiger partial charge >= 0.3 is 5.97 Å². The molecule has 18 heavy (non-hydrogen) atoms. The maximum atomic E-state index is 11.0. The summed E-state index contributed by atoms with van der Waals surface area (Å²) in [6.07, 6.45) is 1.43. The molecule has 1 heterocycles. The van der Waals surface area contributed by atoms with Crippen LogP contribution in [0.5, 0.6) is 0 Å². The molecule has 1 aromatic heterocycles. The molecule has 0 radical (unpaired) electrons. The van der Waals surface area contributed by atoms with Gasteiger partial charge < -0.3 is 14.4 Å². The molecule has 0 aliphatic heterocycles. The highest BCUT2D eigenvalue weighted by molar-refractivity contribution is 5.88. The zero-order chi connectivity index (χ0) is 13.7. The molecule has 0 saturated carbocycles. The van der Waals surface area contributed by atoms with E-state index in [4.69, 9.17) is 9.52 Å². The molecule has 0 aliphatic rings. The Hall–Kier alpha value is -1.33. The quantitative estimate of drug-likeness (QED) is 0.803. The average Bonchev–Trinajstić information content (AvgIpc) is 2.72. The Morgan fingerprint density at radius 1 is 1.50 bits per heavy atom. The molecule has 1 aromatic rings. The van der Waals surface area contributed by atoms with Gasteiger partial charge in [0, 0.05) is 12.6 Å². The van der Waals surface area contributed by atoms with Gasteiger partial charge in [-0.1, -0.05) is 6.92 Å². The molecule has 0 fully saturated rings. The van der Waals surface area contributed by atoms with Crippen LogP contribution in [0.1, 0.15) is 30.0 Å². The number of aromatic carboxylic acids is 1. The summed E-state index contributed by atoms with van der Waals surface area (Å²) in [5, 5.41) is 9.04. The summed E-state index contributed by atoms with van der Waals surface area (Å²) in [5.74, 6) is -0.412. The van der Waals surface area contributed by atoms with Crippen molar-refractivity contribution in [3.8, 4) is 0 Å². The van der Waals surface area contributed by atoms with E-state index in [0.29, 0.717) is 18.3 Å². The van der Waals surface area contributed by atoms with Gasteiger partial charge in [0.2, 0.25) is 0 Å². The predicted molar refractivity (Wildman–Crippen MR) is 69.8 cm³/mol. The number of rotatable bonds is 7. The van der Waals surface area contributed by atoms with Gasteiger partial charge in [0.15, 0.2) is 0 Å². The first-order valence-electron chi connectivity index (χ1n) is 6.14. The molecule has 1 unspecified atom stereocenters. The van der Waals surface area contributed by atoms with Crippen LogP contribution >= 0.6 is 0 Å². The van der Waals surface area contributed by atoms with Crippen molar-refractivity contribution >= 4 is 5.97 Å². The lowest BCUT2D eigenvalue weighted by Crippen LogP contribution is -2.39. The first-order chi connectivity index (χ1) is 8.45. The van der Waals surface area contributed by atoms with Crippen LogP contribution in [-0.4, -0.2) is 54.1 Å². The summed E-state index contributed by atoms with van der Waals surface area (Å²) in [5.41, 5.74) is 0.255. The fourth-order valence-corrected chi connectivity index (χ4v) is 2.06. The summed E-state index contributed by atoms with van der Waals surface area (Å²) in [6, 6.07) is 1.85. The van der Waals surface area contributed by atoms with E-state index in [9.17, 15) is 4.79 Å². The number of carbonyl (C=O) groups is 1. The minimum absolute atomic E-state index is 0.255. The van der Waals surface area contributed by atoms with Gasteiger partial charge in [0.05, 0.1) is 12.8 Å². The molecule has 0 amide bonds. The fourth-order valence-electron chi connectivity index (χ4n) is 2.06. The van der Waals surface area contributed by atoms with Crippen LogP contribution in [0, 0.1) is 0 Å². The van der Waals surface area contributed by atoms with Gasteiger partial charge in [-0.05, 0) is 33.6 Å². The van der Waals surface area contributed by atoms with Crippen LogP contribution < -0.4 is 0 Å². The van der Waals surface area contributed by atoms with Gasteiger partial charge in [-0.15, -0.1) is 0 Å². The Labute approximate surface area is 108 Å². The van der Waals surface area contributed by atoms with E-state index in [1.807, 2.05) is 14.1 Å². The topological polar surface area (TPSA) is 56.9 Å². The van der Waals surface area contributed by atoms with Crippen molar-refractivity contribution in [2.75, 3.05) is 27.2 Å². The number of carboxylic acids is 1. The Kier molecular flexibility index (Phi) is 5.37. The third-order valence-corrected chi connectivity index (χ3v) is 2.98. The molecule has 5 heteroatoms. The number of furan rings is 1. The minimum atomic E-state index is -0.935. The third-order valence-electron chi connectivity index (χ3n) is 2.98. The molecule has 0 saturated heterocycles. The van der Waals surface area contributed by atoms with E-state index in [0.717, 1.165) is 13.1 Å². The second-order valence-corrected chi connectivity index (χ2v) is 4.74. The number of nitrogens with zero attached hydrogens (tertiary/aromatic N) is 2. The van der Waals surface area contributed by atoms with Crippen LogP contribution in [0.25, 0.3) is 0 Å². The fraction of sp³-hybridized carbons (Fsp3) is 0.615. The molecule has 0 spiro atoms. The van der Waals surface area contributed by atoms with Gasteiger partial charge in [0.1, 0.15) is 11.3 Å². The molecular weight excluding hydrogens is 232 g/mol. The molecule has 102 valence electrons. The van der Waals surface area contributed by atoms with Gasteiger partial charge in [-0.25, -0.2) is 4.79 Å². The largest absolute Gasteiger partial charge is 0.478 e. The highest BCUT2D eigenvalue weighted by Gasteiger charge is 2.19. The van der Waals surface area contributed by atoms with Crippen molar-refractivity contribution in [2.24, 2.45) is 0 Å². The molecule has 1 N–H and O–H groups in total. The third kappa shape index (κ3) is 3.85.